The number of nitrogens with one attached hydrogen (secondary N) is 1. The van der Waals surface area contributed by atoms with Gasteiger partial charge in [0.05, 0.1) is 24.1 Å². The summed E-state index contributed by atoms with van der Waals surface area (Å²) in [5, 5.41) is 2.97. The van der Waals surface area contributed by atoms with E-state index in [1.54, 1.807) is 13.3 Å². The van der Waals surface area contributed by atoms with Crippen LogP contribution in [-0.4, -0.2) is 66.1 Å². The van der Waals surface area contributed by atoms with Crippen LogP contribution in [0.15, 0.2) is 24.4 Å². The predicted molar refractivity (Wildman–Crippen MR) is 112 cm³/mol. The quantitative estimate of drug-likeness (QED) is 0.764. The van der Waals surface area contributed by atoms with Crippen LogP contribution < -0.4 is 15.0 Å². The van der Waals surface area contributed by atoms with Gasteiger partial charge in [0, 0.05) is 51.4 Å². The Balaban J connectivity index is 1.80. The predicted octanol–water partition coefficient (Wildman–Crippen LogP) is 2.07. The largest absolute Gasteiger partial charge is 0.481 e. The van der Waals surface area contributed by atoms with E-state index in [4.69, 9.17) is 9.72 Å². The van der Waals surface area contributed by atoms with Crippen LogP contribution in [0.3, 0.4) is 0 Å². The average molecular weight is 399 g/mol. The summed E-state index contributed by atoms with van der Waals surface area (Å²) in [6.45, 7) is 6.39. The fourth-order valence-corrected chi connectivity index (χ4v) is 3.51. The summed E-state index contributed by atoms with van der Waals surface area (Å²) < 4.78 is 5.22. The third-order valence-corrected chi connectivity index (χ3v) is 4.90. The molecule has 0 spiro atoms. The molecular formula is C21H30N6O2. The number of carbonyl (C=O) groups excluding carboxylic acids is 1. The number of hydrogen-bond donors (Lipinski definition) is 1. The van der Waals surface area contributed by atoms with Gasteiger partial charge in [-0.25, -0.2) is 15.0 Å². The summed E-state index contributed by atoms with van der Waals surface area (Å²) in [4.78, 5) is 30.5. The summed E-state index contributed by atoms with van der Waals surface area (Å²) in [5.74, 6) is 1.30. The smallest absolute Gasteiger partial charge is 0.254 e. The van der Waals surface area contributed by atoms with Gasteiger partial charge in [-0.2, -0.15) is 0 Å². The summed E-state index contributed by atoms with van der Waals surface area (Å²) in [7, 11) is 5.43. The highest BCUT2D eigenvalue weighted by atomic mass is 16.5. The second kappa shape index (κ2) is 9.17. The van der Waals surface area contributed by atoms with Gasteiger partial charge in [-0.15, -0.1) is 0 Å². The van der Waals surface area contributed by atoms with Crippen molar-refractivity contribution in [1.29, 1.82) is 0 Å². The molecule has 0 unspecified atom stereocenters. The van der Waals surface area contributed by atoms with Crippen molar-refractivity contribution in [2.24, 2.45) is 0 Å². The van der Waals surface area contributed by atoms with Gasteiger partial charge in [-0.1, -0.05) is 6.07 Å². The van der Waals surface area contributed by atoms with E-state index in [1.807, 2.05) is 51.0 Å². The fourth-order valence-electron chi connectivity index (χ4n) is 3.51. The number of amides is 1. The first-order valence-corrected chi connectivity index (χ1v) is 9.94. The van der Waals surface area contributed by atoms with E-state index >= 15 is 0 Å². The monoisotopic (exact) mass is 398 g/mol. The Morgan fingerprint density at radius 3 is 2.83 bits per heavy atom. The average Bonchev–Trinajstić information content (AvgIpc) is 3.15. The molecule has 3 heterocycles. The summed E-state index contributed by atoms with van der Waals surface area (Å²) in [5.41, 5.74) is 2.36. The zero-order valence-corrected chi connectivity index (χ0v) is 17.8. The van der Waals surface area contributed by atoms with E-state index in [1.165, 1.54) is 0 Å². The number of hydrogen-bond acceptors (Lipinski definition) is 7. The van der Waals surface area contributed by atoms with Crippen molar-refractivity contribution in [2.45, 2.75) is 38.8 Å². The minimum absolute atomic E-state index is 0.0584. The third-order valence-electron chi connectivity index (χ3n) is 4.90. The van der Waals surface area contributed by atoms with E-state index in [0.717, 1.165) is 37.4 Å². The Kier molecular flexibility index (Phi) is 6.64. The van der Waals surface area contributed by atoms with Crippen molar-refractivity contribution >= 4 is 11.9 Å². The van der Waals surface area contributed by atoms with Crippen LogP contribution in [0.5, 0.6) is 5.88 Å². The molecule has 1 atom stereocenters. The van der Waals surface area contributed by atoms with Gasteiger partial charge < -0.3 is 15.0 Å². The van der Waals surface area contributed by atoms with Gasteiger partial charge in [0.25, 0.3) is 5.91 Å². The Hall–Kier alpha value is -2.74. The Morgan fingerprint density at radius 1 is 1.34 bits per heavy atom. The number of nitrogens with zero attached hydrogens (tertiary/aromatic N) is 5. The number of anilines is 1. The number of carbonyl (C=O) groups is 1. The van der Waals surface area contributed by atoms with Gasteiger partial charge in [0.2, 0.25) is 11.8 Å². The van der Waals surface area contributed by atoms with Gasteiger partial charge in [-0.05, 0) is 32.9 Å². The number of pyridine rings is 1. The lowest BCUT2D eigenvalue weighted by Gasteiger charge is -2.19. The van der Waals surface area contributed by atoms with Gasteiger partial charge in [-0.3, -0.25) is 9.69 Å². The van der Waals surface area contributed by atoms with E-state index in [0.29, 0.717) is 17.4 Å². The Bertz CT molecular complexity index is 855. The maximum absolute atomic E-state index is 12.7. The molecule has 0 aromatic carbocycles. The van der Waals surface area contributed by atoms with Crippen molar-refractivity contribution in [3.8, 4) is 5.88 Å². The minimum Gasteiger partial charge on any atom is -0.481 e. The fraction of sp³-hybridized carbons (Fsp3) is 0.524. The van der Waals surface area contributed by atoms with Crippen LogP contribution in [-0.2, 0) is 6.54 Å². The SMILES string of the molecule is COc1cccc(CN2CC[C@H](c3nc(N(C)C)ncc3C(=O)NC(C)C)C2)n1. The molecule has 2 aromatic rings. The van der Waals surface area contributed by atoms with Gasteiger partial charge in [0.1, 0.15) is 0 Å². The first-order valence-electron chi connectivity index (χ1n) is 9.94. The normalized spacial score (nSPS) is 16.8. The Morgan fingerprint density at radius 2 is 2.14 bits per heavy atom. The molecule has 2 aromatic heterocycles. The molecule has 0 bridgehead atoms. The van der Waals surface area contributed by atoms with E-state index in [2.05, 4.69) is 20.2 Å². The standard InChI is InChI=1S/C21H30N6O2/c1-14(2)23-20(28)17-11-22-21(26(3)4)25-19(17)15-9-10-27(12-15)13-16-7-6-8-18(24-16)29-5/h6-8,11,14-15H,9-10,12-13H2,1-5H3,(H,23,28)/t15-/m0/s1. The van der Waals surface area contributed by atoms with Crippen LogP contribution in [0, 0.1) is 0 Å². The lowest BCUT2D eigenvalue weighted by Crippen LogP contribution is -2.32. The maximum atomic E-state index is 12.7. The zero-order valence-electron chi connectivity index (χ0n) is 17.8. The number of ether oxygens (including phenoxy) is 1. The zero-order chi connectivity index (χ0) is 21.0. The molecule has 8 heteroatoms. The molecule has 8 nitrogen and oxygen atoms in total. The second-order valence-electron chi connectivity index (χ2n) is 7.88. The molecule has 0 radical (unpaired) electrons. The van der Waals surface area contributed by atoms with Crippen LogP contribution in [0.4, 0.5) is 5.95 Å². The number of aromatic nitrogens is 3. The molecule has 1 N–H and O–H groups in total. The highest BCUT2D eigenvalue weighted by Crippen LogP contribution is 2.30. The van der Waals surface area contributed by atoms with E-state index in [9.17, 15) is 4.79 Å². The van der Waals surface area contributed by atoms with Gasteiger partial charge >= 0.3 is 0 Å². The lowest BCUT2D eigenvalue weighted by molar-refractivity contribution is 0.0940. The van der Waals surface area contributed by atoms with Crippen LogP contribution in [0.1, 0.15) is 47.9 Å². The van der Waals surface area contributed by atoms with Crippen LogP contribution in [0.2, 0.25) is 0 Å². The molecule has 156 valence electrons. The van der Waals surface area contributed by atoms with Gasteiger partial charge in [0.15, 0.2) is 0 Å². The number of likely N-dealkylation sites (tertiary alicyclic amines) is 1. The molecule has 1 saturated heterocycles. The summed E-state index contributed by atoms with van der Waals surface area (Å²) in [6, 6.07) is 5.87. The summed E-state index contributed by atoms with van der Waals surface area (Å²) >= 11 is 0. The van der Waals surface area contributed by atoms with E-state index in [-0.39, 0.29) is 17.9 Å². The van der Waals surface area contributed by atoms with Crippen molar-refractivity contribution in [3.63, 3.8) is 0 Å². The first-order chi connectivity index (χ1) is 13.9. The highest BCUT2D eigenvalue weighted by Gasteiger charge is 2.30. The topological polar surface area (TPSA) is 83.5 Å². The summed E-state index contributed by atoms with van der Waals surface area (Å²) in [6.07, 6.45) is 2.59. The number of rotatable bonds is 7. The molecule has 1 amide bonds. The molecule has 1 fully saturated rings. The molecule has 1 aliphatic heterocycles. The van der Waals surface area contributed by atoms with Crippen molar-refractivity contribution in [2.75, 3.05) is 39.2 Å². The Labute approximate surface area is 172 Å². The van der Waals surface area contributed by atoms with Crippen molar-refractivity contribution in [1.82, 2.24) is 25.2 Å². The number of methoxy groups -OCH3 is 1. The lowest BCUT2D eigenvalue weighted by atomic mass is 9.99. The van der Waals surface area contributed by atoms with Crippen molar-refractivity contribution < 1.29 is 9.53 Å². The molecular weight excluding hydrogens is 368 g/mol. The maximum Gasteiger partial charge on any atom is 0.254 e. The molecule has 1 aliphatic rings. The highest BCUT2D eigenvalue weighted by molar-refractivity contribution is 5.95. The molecule has 0 aliphatic carbocycles. The van der Waals surface area contributed by atoms with Crippen molar-refractivity contribution in [3.05, 3.63) is 41.3 Å². The molecule has 0 saturated carbocycles. The van der Waals surface area contributed by atoms with Crippen LogP contribution in [0.25, 0.3) is 0 Å². The van der Waals surface area contributed by atoms with Crippen LogP contribution >= 0.6 is 0 Å². The third kappa shape index (κ3) is 5.20. The second-order valence-corrected chi connectivity index (χ2v) is 7.88. The first kappa shape index (κ1) is 21.0. The molecule has 3 rings (SSSR count). The molecule has 29 heavy (non-hydrogen) atoms. The minimum atomic E-state index is -0.117. The van der Waals surface area contributed by atoms with E-state index < -0.39 is 0 Å².